The van der Waals surface area contributed by atoms with Crippen LogP contribution in [-0.2, 0) is 0 Å². The lowest BCUT2D eigenvalue weighted by molar-refractivity contribution is 0.305. The summed E-state index contributed by atoms with van der Waals surface area (Å²) >= 11 is 3.23. The molecule has 0 saturated heterocycles. The molecule has 0 bridgehead atoms. The van der Waals surface area contributed by atoms with E-state index < -0.39 is 0 Å². The van der Waals surface area contributed by atoms with Gasteiger partial charge >= 0.3 is 0 Å². The van der Waals surface area contributed by atoms with Crippen LogP contribution >= 0.6 is 15.9 Å². The van der Waals surface area contributed by atoms with Gasteiger partial charge in [0, 0.05) is 17.7 Å². The summed E-state index contributed by atoms with van der Waals surface area (Å²) in [5.74, 6) is 1.22. The zero-order valence-corrected chi connectivity index (χ0v) is 13.1. The van der Waals surface area contributed by atoms with Gasteiger partial charge in [-0.1, -0.05) is 20.8 Å². The molecule has 0 fully saturated rings. The molecular formula is C14H21BrFNO. The smallest absolute Gasteiger partial charge is 0.141 e. The second kappa shape index (κ2) is 6.53. The van der Waals surface area contributed by atoms with Crippen molar-refractivity contribution in [1.82, 2.24) is 5.32 Å². The molecule has 1 aromatic rings. The quantitative estimate of drug-likeness (QED) is 0.880. The largest absolute Gasteiger partial charge is 0.496 e. The van der Waals surface area contributed by atoms with E-state index in [2.05, 4.69) is 42.0 Å². The van der Waals surface area contributed by atoms with Crippen LogP contribution in [0.3, 0.4) is 0 Å². The molecule has 0 aliphatic heterocycles. The molecule has 0 spiro atoms. The first-order chi connectivity index (χ1) is 8.42. The summed E-state index contributed by atoms with van der Waals surface area (Å²) in [5, 5.41) is 3.30. The minimum Gasteiger partial charge on any atom is -0.496 e. The highest BCUT2D eigenvalue weighted by atomic mass is 79.9. The van der Waals surface area contributed by atoms with Crippen molar-refractivity contribution in [3.05, 3.63) is 28.0 Å². The van der Waals surface area contributed by atoms with Crippen LogP contribution in [0.2, 0.25) is 0 Å². The maximum absolute atomic E-state index is 13.5. The summed E-state index contributed by atoms with van der Waals surface area (Å²) in [7, 11) is 3.49. The Morgan fingerprint density at radius 1 is 1.28 bits per heavy atom. The molecule has 0 amide bonds. The van der Waals surface area contributed by atoms with E-state index in [0.29, 0.717) is 22.1 Å². The van der Waals surface area contributed by atoms with Gasteiger partial charge in [-0.2, -0.15) is 0 Å². The number of hydrogen-bond donors (Lipinski definition) is 1. The van der Waals surface area contributed by atoms with Gasteiger partial charge < -0.3 is 10.1 Å². The van der Waals surface area contributed by atoms with Crippen molar-refractivity contribution in [1.29, 1.82) is 0 Å². The van der Waals surface area contributed by atoms with Crippen LogP contribution in [0.15, 0.2) is 16.6 Å². The molecule has 0 radical (unpaired) electrons. The molecule has 0 heterocycles. The highest BCUT2D eigenvalue weighted by Crippen LogP contribution is 2.36. The Morgan fingerprint density at radius 2 is 1.89 bits per heavy atom. The number of methoxy groups -OCH3 is 1. The molecule has 1 rings (SSSR count). The molecule has 2 nitrogen and oxygen atoms in total. The first-order valence-electron chi connectivity index (χ1n) is 6.12. The standard InChI is InChI=1S/C14H21BrFNO/c1-8(2)9(3)14(17-4)10-6-11(15)12(16)7-13(10)18-5/h6-9,14,17H,1-5H3. The third-order valence-electron chi connectivity index (χ3n) is 3.50. The van der Waals surface area contributed by atoms with E-state index in [4.69, 9.17) is 4.74 Å². The maximum atomic E-state index is 13.5. The zero-order valence-electron chi connectivity index (χ0n) is 11.6. The summed E-state index contributed by atoms with van der Waals surface area (Å²) in [6.07, 6.45) is 0. The maximum Gasteiger partial charge on any atom is 0.141 e. The molecule has 2 atom stereocenters. The van der Waals surface area contributed by atoms with Gasteiger partial charge in [-0.05, 0) is 40.9 Å². The molecule has 2 unspecified atom stereocenters. The van der Waals surface area contributed by atoms with Gasteiger partial charge in [0.25, 0.3) is 0 Å². The van der Waals surface area contributed by atoms with E-state index in [1.165, 1.54) is 6.07 Å². The summed E-state index contributed by atoms with van der Waals surface area (Å²) in [5.41, 5.74) is 0.981. The van der Waals surface area contributed by atoms with E-state index in [1.54, 1.807) is 13.2 Å². The first-order valence-corrected chi connectivity index (χ1v) is 6.91. The second-order valence-corrected chi connectivity index (χ2v) is 5.73. The monoisotopic (exact) mass is 317 g/mol. The van der Waals surface area contributed by atoms with Gasteiger partial charge in [-0.15, -0.1) is 0 Å². The van der Waals surface area contributed by atoms with Crippen LogP contribution in [0.5, 0.6) is 5.75 Å². The molecule has 102 valence electrons. The van der Waals surface area contributed by atoms with E-state index >= 15 is 0 Å². The molecule has 0 aliphatic rings. The zero-order chi connectivity index (χ0) is 13.9. The molecular weight excluding hydrogens is 297 g/mol. The van der Waals surface area contributed by atoms with Crippen molar-refractivity contribution in [3.63, 3.8) is 0 Å². The number of rotatable bonds is 5. The second-order valence-electron chi connectivity index (χ2n) is 4.88. The fraction of sp³-hybridized carbons (Fsp3) is 0.571. The lowest BCUT2D eigenvalue weighted by atomic mass is 9.86. The van der Waals surface area contributed by atoms with Gasteiger partial charge in [0.1, 0.15) is 11.6 Å². The number of halogens is 2. The van der Waals surface area contributed by atoms with Gasteiger partial charge in [-0.3, -0.25) is 0 Å². The normalized spacial score (nSPS) is 14.7. The van der Waals surface area contributed by atoms with Gasteiger partial charge in [0.05, 0.1) is 11.6 Å². The number of nitrogens with one attached hydrogen (secondary N) is 1. The highest BCUT2D eigenvalue weighted by molar-refractivity contribution is 9.10. The van der Waals surface area contributed by atoms with E-state index in [-0.39, 0.29) is 11.9 Å². The average Bonchev–Trinajstić information content (AvgIpc) is 2.33. The van der Waals surface area contributed by atoms with Crippen molar-refractivity contribution in [2.75, 3.05) is 14.2 Å². The Bertz CT molecular complexity index is 409. The lowest BCUT2D eigenvalue weighted by Gasteiger charge is -2.28. The first kappa shape index (κ1) is 15.4. The molecule has 4 heteroatoms. The van der Waals surface area contributed by atoms with Crippen molar-refractivity contribution in [2.45, 2.75) is 26.8 Å². The van der Waals surface area contributed by atoms with Crippen LogP contribution in [-0.4, -0.2) is 14.2 Å². The van der Waals surface area contributed by atoms with E-state index in [9.17, 15) is 4.39 Å². The van der Waals surface area contributed by atoms with Gasteiger partial charge in [0.2, 0.25) is 0 Å². The Hall–Kier alpha value is -0.610. The van der Waals surface area contributed by atoms with Crippen LogP contribution in [0, 0.1) is 17.7 Å². The fourth-order valence-electron chi connectivity index (χ4n) is 2.05. The van der Waals surface area contributed by atoms with Gasteiger partial charge in [-0.25, -0.2) is 4.39 Å². The SMILES string of the molecule is CNC(c1cc(Br)c(F)cc1OC)C(C)C(C)C. The molecule has 1 N–H and O–H groups in total. The minimum absolute atomic E-state index is 0.136. The van der Waals surface area contributed by atoms with Crippen LogP contribution < -0.4 is 10.1 Å². The molecule has 0 saturated carbocycles. The Morgan fingerprint density at radius 3 is 2.33 bits per heavy atom. The number of ether oxygens (including phenoxy) is 1. The van der Waals surface area contributed by atoms with Crippen LogP contribution in [0.1, 0.15) is 32.4 Å². The number of hydrogen-bond acceptors (Lipinski definition) is 2. The molecule has 0 aromatic heterocycles. The van der Waals surface area contributed by atoms with Gasteiger partial charge in [0.15, 0.2) is 0 Å². The lowest BCUT2D eigenvalue weighted by Crippen LogP contribution is -2.27. The molecule has 0 aliphatic carbocycles. The van der Waals surface area contributed by atoms with E-state index in [1.807, 2.05) is 7.05 Å². The number of benzene rings is 1. The Kier molecular flexibility index (Phi) is 5.60. The predicted octanol–water partition coefficient (Wildman–Crippen LogP) is 4.15. The molecule has 1 aromatic carbocycles. The molecule has 18 heavy (non-hydrogen) atoms. The van der Waals surface area contributed by atoms with Crippen molar-refractivity contribution in [2.24, 2.45) is 11.8 Å². The van der Waals surface area contributed by atoms with Crippen molar-refractivity contribution in [3.8, 4) is 5.75 Å². The summed E-state index contributed by atoms with van der Waals surface area (Å²) in [6.45, 7) is 6.54. The predicted molar refractivity (Wildman–Crippen MR) is 76.5 cm³/mol. The summed E-state index contributed by atoms with van der Waals surface area (Å²) in [4.78, 5) is 0. The Labute approximate surface area is 117 Å². The summed E-state index contributed by atoms with van der Waals surface area (Å²) in [6, 6.07) is 3.36. The van der Waals surface area contributed by atoms with Crippen LogP contribution in [0.4, 0.5) is 4.39 Å². The minimum atomic E-state index is -0.303. The third-order valence-corrected chi connectivity index (χ3v) is 4.10. The third kappa shape index (κ3) is 3.23. The topological polar surface area (TPSA) is 21.3 Å². The van der Waals surface area contributed by atoms with Crippen molar-refractivity contribution >= 4 is 15.9 Å². The Balaban J connectivity index is 3.24. The summed E-state index contributed by atoms with van der Waals surface area (Å²) < 4.78 is 19.3. The van der Waals surface area contributed by atoms with Crippen molar-refractivity contribution < 1.29 is 9.13 Å². The van der Waals surface area contributed by atoms with Crippen LogP contribution in [0.25, 0.3) is 0 Å². The average molecular weight is 318 g/mol. The highest BCUT2D eigenvalue weighted by Gasteiger charge is 2.24. The van der Waals surface area contributed by atoms with E-state index in [0.717, 1.165) is 5.56 Å². The fourth-order valence-corrected chi connectivity index (χ4v) is 2.41.